The van der Waals surface area contributed by atoms with Gasteiger partial charge in [-0.05, 0) is 77.1 Å². The molecular weight excluding hydrogens is 460 g/mol. The number of carbonyl (C=O) groups is 1. The minimum absolute atomic E-state index is 0.154. The van der Waals surface area contributed by atoms with Crippen LogP contribution in [0.1, 0.15) is 27.8 Å². The zero-order chi connectivity index (χ0) is 25.8. The minimum Gasteiger partial charge on any atom is -0.508 e. The van der Waals surface area contributed by atoms with E-state index < -0.39 is 0 Å². The second-order valence-corrected chi connectivity index (χ2v) is 9.64. The minimum atomic E-state index is -0.286. The molecule has 0 spiro atoms. The molecule has 0 heterocycles. The smallest absolute Gasteiger partial charge is 0.321 e. The molecule has 1 unspecified atom stereocenters. The van der Waals surface area contributed by atoms with Crippen molar-refractivity contribution in [1.29, 1.82) is 0 Å². The second kappa shape index (κ2) is 10.2. The maximum absolute atomic E-state index is 12.6. The summed E-state index contributed by atoms with van der Waals surface area (Å²) in [4.78, 5) is 14.2. The standard InChI is InChI=1S/C32H30N2O3/c1-34(28-5-3-2-4-6-28)31(37)33-22-24-9-7-23(8-10-24)20-32(27-12-15-29(35)16-13-27)18-17-25-19-30(36)14-11-26(25)21-32/h2-19,35-36H,20-22H2,1H3,(H,33,37). The fraction of sp³-hybridized carbons (Fsp3) is 0.156. The van der Waals surface area contributed by atoms with Crippen molar-refractivity contribution < 1.29 is 15.0 Å². The van der Waals surface area contributed by atoms with Crippen LogP contribution in [0.25, 0.3) is 6.08 Å². The Morgan fingerprint density at radius 1 is 0.865 bits per heavy atom. The van der Waals surface area contributed by atoms with Crippen LogP contribution < -0.4 is 10.2 Å². The van der Waals surface area contributed by atoms with Gasteiger partial charge in [-0.2, -0.15) is 0 Å². The first-order valence-electron chi connectivity index (χ1n) is 12.4. The number of phenolic OH excluding ortho intramolecular Hbond substituents is 2. The Balaban J connectivity index is 1.32. The van der Waals surface area contributed by atoms with Crippen LogP contribution in [-0.2, 0) is 24.8 Å². The van der Waals surface area contributed by atoms with Crippen LogP contribution in [0.4, 0.5) is 10.5 Å². The van der Waals surface area contributed by atoms with E-state index in [0.717, 1.165) is 35.2 Å². The molecule has 37 heavy (non-hydrogen) atoms. The van der Waals surface area contributed by atoms with E-state index in [9.17, 15) is 15.0 Å². The molecule has 0 bridgehead atoms. The van der Waals surface area contributed by atoms with E-state index in [4.69, 9.17) is 0 Å². The Morgan fingerprint density at radius 2 is 1.54 bits per heavy atom. The van der Waals surface area contributed by atoms with E-state index in [0.29, 0.717) is 6.54 Å². The summed E-state index contributed by atoms with van der Waals surface area (Å²) in [5, 5.41) is 22.7. The lowest BCUT2D eigenvalue weighted by Gasteiger charge is -2.35. The number of allylic oxidation sites excluding steroid dienone is 1. The van der Waals surface area contributed by atoms with Crippen molar-refractivity contribution in [3.63, 3.8) is 0 Å². The molecule has 0 aromatic heterocycles. The first-order valence-corrected chi connectivity index (χ1v) is 12.4. The maximum atomic E-state index is 12.6. The van der Waals surface area contributed by atoms with Gasteiger partial charge in [-0.3, -0.25) is 4.90 Å². The molecular formula is C32H30N2O3. The van der Waals surface area contributed by atoms with Crippen molar-refractivity contribution in [1.82, 2.24) is 5.32 Å². The Hall–Kier alpha value is -4.51. The summed E-state index contributed by atoms with van der Waals surface area (Å²) >= 11 is 0. The number of phenols is 2. The van der Waals surface area contributed by atoms with Crippen molar-refractivity contribution in [2.75, 3.05) is 11.9 Å². The Labute approximate surface area is 217 Å². The molecule has 5 rings (SSSR count). The number of hydrogen-bond donors (Lipinski definition) is 3. The molecule has 5 heteroatoms. The topological polar surface area (TPSA) is 72.8 Å². The highest BCUT2D eigenvalue weighted by Gasteiger charge is 2.33. The van der Waals surface area contributed by atoms with Gasteiger partial charge in [0.15, 0.2) is 0 Å². The third kappa shape index (κ3) is 5.36. The number of nitrogens with one attached hydrogen (secondary N) is 1. The molecule has 186 valence electrons. The van der Waals surface area contributed by atoms with E-state index in [1.807, 2.05) is 48.5 Å². The molecule has 1 atom stereocenters. The summed E-state index contributed by atoms with van der Waals surface area (Å²) in [7, 11) is 1.76. The van der Waals surface area contributed by atoms with Gasteiger partial charge in [-0.1, -0.05) is 72.8 Å². The lowest BCUT2D eigenvalue weighted by atomic mass is 9.68. The summed E-state index contributed by atoms with van der Waals surface area (Å²) in [5.41, 5.74) is 6.09. The molecule has 0 saturated carbocycles. The molecule has 5 nitrogen and oxygen atoms in total. The highest BCUT2D eigenvalue weighted by atomic mass is 16.3. The lowest BCUT2D eigenvalue weighted by Crippen LogP contribution is -2.36. The van der Waals surface area contributed by atoms with E-state index >= 15 is 0 Å². The van der Waals surface area contributed by atoms with Crippen molar-refractivity contribution in [3.8, 4) is 11.5 Å². The van der Waals surface area contributed by atoms with Crippen molar-refractivity contribution in [2.45, 2.75) is 24.8 Å². The molecule has 3 N–H and O–H groups in total. The average molecular weight is 491 g/mol. The van der Waals surface area contributed by atoms with Gasteiger partial charge >= 0.3 is 6.03 Å². The van der Waals surface area contributed by atoms with Crippen LogP contribution in [0.15, 0.2) is 103 Å². The maximum Gasteiger partial charge on any atom is 0.321 e. The number of amides is 2. The normalized spacial score (nSPS) is 16.1. The van der Waals surface area contributed by atoms with Gasteiger partial charge in [0.25, 0.3) is 0 Å². The molecule has 0 radical (unpaired) electrons. The summed E-state index contributed by atoms with van der Waals surface area (Å²) in [5.74, 6) is 0.506. The van der Waals surface area contributed by atoms with Crippen LogP contribution in [0.3, 0.4) is 0 Å². The number of rotatable bonds is 6. The van der Waals surface area contributed by atoms with Crippen LogP contribution >= 0.6 is 0 Å². The van der Waals surface area contributed by atoms with Crippen molar-refractivity contribution >= 4 is 17.8 Å². The van der Waals surface area contributed by atoms with Gasteiger partial charge in [-0.25, -0.2) is 4.79 Å². The van der Waals surface area contributed by atoms with Gasteiger partial charge in [0.1, 0.15) is 11.5 Å². The van der Waals surface area contributed by atoms with Crippen molar-refractivity contribution in [2.24, 2.45) is 0 Å². The van der Waals surface area contributed by atoms with E-state index in [1.54, 1.807) is 36.2 Å². The van der Waals surface area contributed by atoms with Crippen LogP contribution in [0.2, 0.25) is 0 Å². The molecule has 0 saturated heterocycles. The number of anilines is 1. The van der Waals surface area contributed by atoms with Gasteiger partial charge in [0, 0.05) is 24.7 Å². The first kappa shape index (κ1) is 24.2. The van der Waals surface area contributed by atoms with Crippen molar-refractivity contribution in [3.05, 3.63) is 131 Å². The van der Waals surface area contributed by atoms with Gasteiger partial charge in [0.05, 0.1) is 0 Å². The molecule has 0 fully saturated rings. The largest absolute Gasteiger partial charge is 0.508 e. The van der Waals surface area contributed by atoms with Gasteiger partial charge in [-0.15, -0.1) is 0 Å². The Kier molecular flexibility index (Phi) is 6.69. The summed E-state index contributed by atoms with van der Waals surface area (Å²) in [6, 6.07) is 30.7. The predicted molar refractivity (Wildman–Crippen MR) is 148 cm³/mol. The molecule has 2 amide bonds. The third-order valence-corrected chi connectivity index (χ3v) is 7.09. The monoisotopic (exact) mass is 490 g/mol. The number of nitrogens with zero attached hydrogens (tertiary/aromatic N) is 1. The Bertz CT molecular complexity index is 1410. The van der Waals surface area contributed by atoms with Gasteiger partial charge in [0.2, 0.25) is 0 Å². The zero-order valence-corrected chi connectivity index (χ0v) is 20.8. The predicted octanol–water partition coefficient (Wildman–Crippen LogP) is 6.19. The number of fused-ring (bicyclic) bond motifs is 1. The van der Waals surface area contributed by atoms with Gasteiger partial charge < -0.3 is 15.5 Å². The van der Waals surface area contributed by atoms with E-state index in [-0.39, 0.29) is 22.9 Å². The number of aromatic hydroxyl groups is 2. The number of benzene rings is 4. The first-order chi connectivity index (χ1) is 17.9. The molecule has 0 aliphatic heterocycles. The number of para-hydroxylation sites is 1. The second-order valence-electron chi connectivity index (χ2n) is 9.64. The lowest BCUT2D eigenvalue weighted by molar-refractivity contribution is 0.247. The molecule has 4 aromatic rings. The highest BCUT2D eigenvalue weighted by molar-refractivity contribution is 5.91. The average Bonchev–Trinajstić information content (AvgIpc) is 2.93. The van der Waals surface area contributed by atoms with E-state index in [1.165, 1.54) is 11.1 Å². The van der Waals surface area contributed by atoms with Crippen LogP contribution in [0.5, 0.6) is 11.5 Å². The molecule has 1 aliphatic carbocycles. The third-order valence-electron chi connectivity index (χ3n) is 7.09. The zero-order valence-electron chi connectivity index (χ0n) is 20.8. The van der Waals surface area contributed by atoms with E-state index in [2.05, 4.69) is 41.7 Å². The summed E-state index contributed by atoms with van der Waals surface area (Å²) in [6.07, 6.45) is 5.86. The number of carbonyl (C=O) groups excluding carboxylic acids is 1. The Morgan fingerprint density at radius 3 is 2.27 bits per heavy atom. The number of urea groups is 1. The quantitative estimate of drug-likeness (QED) is 0.302. The SMILES string of the molecule is CN(C(=O)NCc1ccc(CC2(c3ccc(O)cc3)C=Cc3cc(O)ccc3C2)cc1)c1ccccc1. The molecule has 1 aliphatic rings. The summed E-state index contributed by atoms with van der Waals surface area (Å²) < 4.78 is 0. The highest BCUT2D eigenvalue weighted by Crippen LogP contribution is 2.40. The van der Waals surface area contributed by atoms with Crippen LogP contribution in [0, 0.1) is 0 Å². The molecule has 4 aromatic carbocycles. The fourth-order valence-corrected chi connectivity index (χ4v) is 4.97. The summed E-state index contributed by atoms with van der Waals surface area (Å²) in [6.45, 7) is 0.441. The fourth-order valence-electron chi connectivity index (χ4n) is 4.97. The van der Waals surface area contributed by atoms with Crippen LogP contribution in [-0.4, -0.2) is 23.3 Å². The number of hydrogen-bond acceptors (Lipinski definition) is 3.